The molecule has 3 aliphatic rings. The van der Waals surface area contributed by atoms with Crippen LogP contribution in [0.3, 0.4) is 0 Å². The van der Waals surface area contributed by atoms with Crippen molar-refractivity contribution in [3.63, 3.8) is 0 Å². The summed E-state index contributed by atoms with van der Waals surface area (Å²) in [6.45, 7) is 5.20. The number of rotatable bonds is 5. The lowest BCUT2D eigenvalue weighted by molar-refractivity contribution is -0.148. The summed E-state index contributed by atoms with van der Waals surface area (Å²) in [6, 6.07) is 0. The molecule has 0 radical (unpaired) electrons. The van der Waals surface area contributed by atoms with Crippen molar-refractivity contribution < 1.29 is 14.3 Å². The smallest absolute Gasteiger partial charge is 0.226 e. The summed E-state index contributed by atoms with van der Waals surface area (Å²) in [6.07, 6.45) is 6.62. The Balaban J connectivity index is 1.68. The van der Waals surface area contributed by atoms with Crippen molar-refractivity contribution in [3.8, 4) is 0 Å². The van der Waals surface area contributed by atoms with E-state index in [4.69, 9.17) is 4.74 Å². The van der Waals surface area contributed by atoms with Gasteiger partial charge in [0.25, 0.3) is 0 Å². The molecular weight excluding hydrogens is 292 g/mol. The Morgan fingerprint density at radius 2 is 2.13 bits per heavy atom. The number of nitrogens with zero attached hydrogens (tertiary/aromatic N) is 2. The van der Waals surface area contributed by atoms with E-state index in [1.54, 1.807) is 7.11 Å². The van der Waals surface area contributed by atoms with Gasteiger partial charge in [-0.1, -0.05) is 6.92 Å². The van der Waals surface area contributed by atoms with E-state index >= 15 is 0 Å². The third-order valence-electron chi connectivity index (χ3n) is 5.93. The number of ether oxygens (including phenoxy) is 1. The number of hydrogen-bond acceptors (Lipinski definition) is 3. The van der Waals surface area contributed by atoms with Gasteiger partial charge in [-0.05, 0) is 44.4 Å². The monoisotopic (exact) mass is 322 g/mol. The Bertz CT molecular complexity index is 461. The lowest BCUT2D eigenvalue weighted by Gasteiger charge is -2.47. The molecule has 3 fully saturated rings. The maximum atomic E-state index is 12.9. The van der Waals surface area contributed by atoms with E-state index in [-0.39, 0.29) is 17.4 Å². The van der Waals surface area contributed by atoms with Gasteiger partial charge >= 0.3 is 0 Å². The first kappa shape index (κ1) is 16.7. The van der Waals surface area contributed by atoms with Gasteiger partial charge in [0.15, 0.2) is 0 Å². The minimum absolute atomic E-state index is 0.206. The molecule has 5 nitrogen and oxygen atoms in total. The van der Waals surface area contributed by atoms with Crippen molar-refractivity contribution in [2.45, 2.75) is 57.4 Å². The normalized spacial score (nSPS) is 34.1. The molecular formula is C18H30N2O3. The molecule has 5 heteroatoms. The molecule has 0 N–H and O–H groups in total. The highest BCUT2D eigenvalue weighted by Crippen LogP contribution is 2.41. The second-order valence-electron chi connectivity index (χ2n) is 7.78. The van der Waals surface area contributed by atoms with Gasteiger partial charge in [0.05, 0.1) is 12.0 Å². The number of hydrogen-bond donors (Lipinski definition) is 0. The zero-order valence-corrected chi connectivity index (χ0v) is 14.6. The molecule has 2 heterocycles. The van der Waals surface area contributed by atoms with Crippen LogP contribution < -0.4 is 0 Å². The summed E-state index contributed by atoms with van der Waals surface area (Å²) < 4.78 is 5.09. The van der Waals surface area contributed by atoms with Crippen molar-refractivity contribution in [3.05, 3.63) is 0 Å². The average molecular weight is 322 g/mol. The quantitative estimate of drug-likeness (QED) is 0.728. The highest BCUT2D eigenvalue weighted by Gasteiger charge is 2.51. The molecule has 0 aromatic rings. The molecule has 23 heavy (non-hydrogen) atoms. The molecule has 1 saturated carbocycles. The Hall–Kier alpha value is -1.10. The minimum Gasteiger partial charge on any atom is -0.385 e. The number of piperidine rings is 1. The van der Waals surface area contributed by atoms with Crippen molar-refractivity contribution in [1.29, 1.82) is 0 Å². The van der Waals surface area contributed by atoms with E-state index in [1.165, 1.54) is 0 Å². The summed E-state index contributed by atoms with van der Waals surface area (Å²) in [5.41, 5.74) is -0.224. The van der Waals surface area contributed by atoms with E-state index in [9.17, 15) is 9.59 Å². The van der Waals surface area contributed by atoms with Crippen molar-refractivity contribution in [2.75, 3.05) is 33.4 Å². The number of methoxy groups -OCH3 is 1. The molecule has 0 bridgehead atoms. The van der Waals surface area contributed by atoms with Crippen molar-refractivity contribution in [1.82, 2.24) is 9.80 Å². The molecule has 2 aliphatic heterocycles. The maximum absolute atomic E-state index is 12.9. The van der Waals surface area contributed by atoms with Crippen LogP contribution in [0.5, 0.6) is 0 Å². The number of carbonyl (C=O) groups is 2. The van der Waals surface area contributed by atoms with E-state index in [0.29, 0.717) is 24.9 Å². The van der Waals surface area contributed by atoms with Crippen LogP contribution >= 0.6 is 0 Å². The lowest BCUT2D eigenvalue weighted by atomic mass is 9.74. The van der Waals surface area contributed by atoms with Crippen molar-refractivity contribution in [2.24, 2.45) is 11.8 Å². The van der Waals surface area contributed by atoms with Crippen LogP contribution in [0.4, 0.5) is 0 Å². The molecule has 2 saturated heterocycles. The van der Waals surface area contributed by atoms with Gasteiger partial charge in [-0.2, -0.15) is 0 Å². The van der Waals surface area contributed by atoms with Gasteiger partial charge in [0.2, 0.25) is 11.8 Å². The molecule has 0 aromatic carbocycles. The predicted molar refractivity (Wildman–Crippen MR) is 87.9 cm³/mol. The second kappa shape index (κ2) is 6.80. The van der Waals surface area contributed by atoms with Crippen LogP contribution in [0.25, 0.3) is 0 Å². The summed E-state index contributed by atoms with van der Waals surface area (Å²) in [5.74, 6) is 1.41. The SMILES string of the molecule is COCCCN1CC2(CCCCN2C(=O)C2CC(C)C2)CC1=O. The molecule has 1 spiro atoms. The average Bonchev–Trinajstić information content (AvgIpc) is 2.80. The number of amides is 2. The summed E-state index contributed by atoms with van der Waals surface area (Å²) >= 11 is 0. The maximum Gasteiger partial charge on any atom is 0.226 e. The molecule has 0 aromatic heterocycles. The number of carbonyl (C=O) groups excluding carboxylic acids is 2. The third-order valence-corrected chi connectivity index (χ3v) is 5.93. The van der Waals surface area contributed by atoms with E-state index < -0.39 is 0 Å². The first-order valence-electron chi connectivity index (χ1n) is 9.14. The largest absolute Gasteiger partial charge is 0.385 e. The zero-order valence-electron chi connectivity index (χ0n) is 14.6. The Kier molecular flexibility index (Phi) is 4.95. The summed E-state index contributed by atoms with van der Waals surface area (Å²) in [4.78, 5) is 29.5. The zero-order chi connectivity index (χ0) is 16.4. The topological polar surface area (TPSA) is 49.9 Å². The lowest BCUT2D eigenvalue weighted by Crippen LogP contribution is -2.58. The van der Waals surface area contributed by atoms with Crippen LogP contribution in [0, 0.1) is 11.8 Å². The highest BCUT2D eigenvalue weighted by atomic mass is 16.5. The Morgan fingerprint density at radius 3 is 2.83 bits per heavy atom. The fourth-order valence-electron chi connectivity index (χ4n) is 4.61. The van der Waals surface area contributed by atoms with Gasteiger partial charge in [-0.3, -0.25) is 9.59 Å². The highest BCUT2D eigenvalue weighted by molar-refractivity contribution is 5.85. The molecule has 3 rings (SSSR count). The molecule has 130 valence electrons. The molecule has 2 amide bonds. The Morgan fingerprint density at radius 1 is 1.35 bits per heavy atom. The van der Waals surface area contributed by atoms with E-state index in [0.717, 1.165) is 58.2 Å². The van der Waals surface area contributed by atoms with E-state index in [1.807, 2.05) is 4.90 Å². The van der Waals surface area contributed by atoms with Gasteiger partial charge in [0.1, 0.15) is 0 Å². The number of likely N-dealkylation sites (tertiary alicyclic amines) is 2. The third kappa shape index (κ3) is 3.25. The fourth-order valence-corrected chi connectivity index (χ4v) is 4.61. The summed E-state index contributed by atoms with van der Waals surface area (Å²) in [5, 5.41) is 0. The minimum atomic E-state index is -0.224. The van der Waals surface area contributed by atoms with Gasteiger partial charge in [-0.15, -0.1) is 0 Å². The molecule has 1 aliphatic carbocycles. The second-order valence-corrected chi connectivity index (χ2v) is 7.78. The van der Waals surface area contributed by atoms with Gasteiger partial charge in [-0.25, -0.2) is 0 Å². The van der Waals surface area contributed by atoms with Crippen molar-refractivity contribution >= 4 is 11.8 Å². The first-order chi connectivity index (χ1) is 11.1. The molecule has 1 atom stereocenters. The van der Waals surface area contributed by atoms with Crippen LogP contribution in [0.15, 0.2) is 0 Å². The standard InChI is InChI=1S/C18H30N2O3/c1-14-10-15(11-14)17(22)20-8-4-3-6-18(20)12-16(21)19(13-18)7-5-9-23-2/h14-15H,3-13H2,1-2H3. The van der Waals surface area contributed by atoms with Crippen LogP contribution in [0.1, 0.15) is 51.9 Å². The van der Waals surface area contributed by atoms with Crippen LogP contribution in [-0.4, -0.2) is 60.5 Å². The molecule has 1 unspecified atom stereocenters. The van der Waals surface area contributed by atoms with Crippen LogP contribution in [0.2, 0.25) is 0 Å². The first-order valence-corrected chi connectivity index (χ1v) is 9.14. The summed E-state index contributed by atoms with van der Waals surface area (Å²) in [7, 11) is 1.69. The van der Waals surface area contributed by atoms with E-state index in [2.05, 4.69) is 11.8 Å². The Labute approximate surface area is 139 Å². The van der Waals surface area contributed by atoms with Gasteiger partial charge < -0.3 is 14.5 Å². The fraction of sp³-hybridized carbons (Fsp3) is 0.889. The van der Waals surface area contributed by atoms with Gasteiger partial charge in [0, 0.05) is 39.3 Å². The predicted octanol–water partition coefficient (Wildman–Crippen LogP) is 2.05. The van der Waals surface area contributed by atoms with Crippen LogP contribution in [-0.2, 0) is 14.3 Å².